The molecule has 3 aliphatic heterocycles. The van der Waals surface area contributed by atoms with Crippen molar-refractivity contribution >= 4 is 92.8 Å². The molecule has 0 aromatic carbocycles. The number of methoxy groups -OCH3 is 3. The van der Waals surface area contributed by atoms with Gasteiger partial charge in [-0.3, -0.25) is 29.2 Å². The number of nitrogens with two attached hydrogens (primary N) is 1. The van der Waals surface area contributed by atoms with E-state index in [2.05, 4.69) is 97.1 Å². The molecule has 12 heterocycles. The molecule has 6 aliphatic rings. The van der Waals surface area contributed by atoms with Gasteiger partial charge in [0.15, 0.2) is 16.9 Å². The van der Waals surface area contributed by atoms with Gasteiger partial charge in [0.25, 0.3) is 11.8 Å². The molecule has 6 fully saturated rings. The van der Waals surface area contributed by atoms with Crippen LogP contribution in [0.5, 0.6) is 17.6 Å². The van der Waals surface area contributed by atoms with Crippen LogP contribution in [0.3, 0.4) is 0 Å². The minimum absolute atomic E-state index is 0.0714. The summed E-state index contributed by atoms with van der Waals surface area (Å²) in [5.74, 6) is 2.11. The summed E-state index contributed by atoms with van der Waals surface area (Å²) >= 11 is 0. The van der Waals surface area contributed by atoms with Crippen LogP contribution in [0.2, 0.25) is 0 Å². The first-order chi connectivity index (χ1) is 54.7. The highest BCUT2D eigenvalue weighted by Gasteiger charge is 2.41. The van der Waals surface area contributed by atoms with Crippen LogP contribution in [0.4, 0.5) is 69.9 Å². The molecule has 0 unspecified atom stereocenters. The topological polar surface area (TPSA) is 406 Å². The molecule has 6 atom stereocenters. The number of hydrogen-bond donors (Lipinski definition) is 9. The van der Waals surface area contributed by atoms with E-state index in [0.717, 1.165) is 98.2 Å². The molecule has 0 radical (unpaired) electrons. The Bertz CT molecular complexity index is 4500. The monoisotopic (exact) mass is 1570 g/mol. The molecule has 113 heavy (non-hydrogen) atoms. The first kappa shape index (κ1) is 81.4. The Morgan fingerprint density at radius 1 is 0.549 bits per heavy atom. The van der Waals surface area contributed by atoms with E-state index in [-0.39, 0.29) is 34.2 Å². The molecule has 9 aromatic heterocycles. The van der Waals surface area contributed by atoms with Gasteiger partial charge in [-0.25, -0.2) is 52.7 Å². The normalized spacial score (nSPS) is 19.3. The van der Waals surface area contributed by atoms with Crippen LogP contribution in [0.1, 0.15) is 90.4 Å². The fraction of sp³-hybridized carbons (Fsp3) is 0.500. The van der Waals surface area contributed by atoms with E-state index >= 15 is 0 Å². The molecule has 9 aromatic rings. The Kier molecular flexibility index (Phi) is 27.7. The zero-order chi connectivity index (χ0) is 79.5. The first-order valence-electron chi connectivity index (χ1n) is 37.6. The summed E-state index contributed by atoms with van der Waals surface area (Å²) in [6.45, 7) is 19.6. The van der Waals surface area contributed by atoms with E-state index in [1.54, 1.807) is 92.9 Å². The standard InChI is InChI=1S/C25H33N7O6.2C23H29FN8O3.C3H6FN/c1-25(2,3)38-24(35)31(10-6-9-30-11-13-37-14-12-30)20-15-19(28-18-7-5-8-26-22(18)36-4)29-21-17(23(33)34)16-27-32(20)21;2*1-34-23-17(4-2-5-26-23)28-19-13-20(25-6-3-7-31-8-10-35-11-9-31)32-21(30-19)15(14-27-32)22(33)29-18-12-16(18)24;4-2-1-3(2)5/h5,7-8,15-16H,6,9-14H2,1-4H3,(H,28,29)(H,33,34);2*2,4-5,13-14,16,18,25H,3,6-12H2,1H3,(H,28,30)(H,29,33);2-3H,1,5H2/t;2*16-,18+;2-,3+/m.000/s1. The number of alkyl halides is 3. The van der Waals surface area contributed by atoms with E-state index in [0.29, 0.717) is 134 Å². The lowest BCUT2D eigenvalue weighted by Crippen LogP contribution is -2.41. The molecular weight excluding hydrogens is 1470 g/mol. The third kappa shape index (κ3) is 22.4. The number of morpholine rings is 3. The van der Waals surface area contributed by atoms with Crippen LogP contribution in [0.25, 0.3) is 16.9 Å². The highest BCUT2D eigenvalue weighted by Crippen LogP contribution is 2.34. The van der Waals surface area contributed by atoms with Gasteiger partial charge < -0.3 is 81.2 Å². The largest absolute Gasteiger partial charge is 0.480 e. The van der Waals surface area contributed by atoms with Gasteiger partial charge in [-0.15, -0.1) is 0 Å². The summed E-state index contributed by atoms with van der Waals surface area (Å²) in [7, 11) is 4.58. The van der Waals surface area contributed by atoms with Crippen molar-refractivity contribution in [1.82, 2.24) is 84.1 Å². The first-order valence-corrected chi connectivity index (χ1v) is 37.6. The lowest BCUT2D eigenvalue weighted by atomic mass is 10.2. The second-order valence-corrected chi connectivity index (χ2v) is 28.3. The Morgan fingerprint density at radius 2 is 0.912 bits per heavy atom. The number of pyridine rings is 3. The van der Waals surface area contributed by atoms with E-state index in [1.165, 1.54) is 35.1 Å². The number of hydrogen-bond acceptors (Lipinski definition) is 29. The maximum absolute atomic E-state index is 13.4. The number of carboxylic acid groups (broad SMARTS) is 1. The van der Waals surface area contributed by atoms with Crippen LogP contribution in [0.15, 0.2) is 91.8 Å². The number of amides is 3. The SMILES string of the molecule is COc1ncccc1Nc1cc(N(CCCN2CCOCC2)C(=O)OC(C)(C)C)n2ncc(C(=O)O)c2n1.COc1ncccc1Nc1cc(NCCCN2CCOCC2)n2ncc(C(=O)N[C@@H]3C[C@@H]3F)c2n1.COc1ncccc1Nc1cc(NCCCN2CCOCC2)n2ncc(C(=O)N[C@@H]3C[C@@H]3F)c2n1.N[C@@H]1C[C@@H]1F. The fourth-order valence-corrected chi connectivity index (χ4v) is 12.2. The number of nitrogens with one attached hydrogen (secondary N) is 7. The van der Waals surface area contributed by atoms with Crippen LogP contribution in [-0.4, -0.2) is 284 Å². The Hall–Kier alpha value is -11.1. The molecular formula is C74H97F3N24O12. The lowest BCUT2D eigenvalue weighted by Gasteiger charge is -2.30. The summed E-state index contributed by atoms with van der Waals surface area (Å²) < 4.78 is 80.5. The fourth-order valence-electron chi connectivity index (χ4n) is 12.2. The van der Waals surface area contributed by atoms with Crippen molar-refractivity contribution in [2.75, 3.05) is 171 Å². The predicted molar refractivity (Wildman–Crippen MR) is 413 cm³/mol. The number of aromatic carboxylic acids is 1. The molecule has 3 aliphatic carbocycles. The maximum Gasteiger partial charge on any atom is 0.416 e. The van der Waals surface area contributed by atoms with E-state index in [1.807, 2.05) is 24.3 Å². The number of anilines is 9. The Morgan fingerprint density at radius 3 is 1.27 bits per heavy atom. The molecule has 15 rings (SSSR count). The molecule has 606 valence electrons. The summed E-state index contributed by atoms with van der Waals surface area (Å²) in [4.78, 5) is 85.7. The molecule has 3 saturated carbocycles. The smallest absolute Gasteiger partial charge is 0.416 e. The minimum atomic E-state index is -1.19. The highest BCUT2D eigenvalue weighted by molar-refractivity contribution is 6.01. The van der Waals surface area contributed by atoms with Gasteiger partial charge >= 0.3 is 12.1 Å². The number of ether oxygens (including phenoxy) is 7. The summed E-state index contributed by atoms with van der Waals surface area (Å²) in [5, 5.41) is 44.6. The second kappa shape index (κ2) is 38.4. The van der Waals surface area contributed by atoms with Crippen LogP contribution in [0, 0.1) is 0 Å². The van der Waals surface area contributed by atoms with Gasteiger partial charge in [-0.1, -0.05) is 0 Å². The third-order valence-electron chi connectivity index (χ3n) is 18.6. The summed E-state index contributed by atoms with van der Waals surface area (Å²) in [6, 6.07) is 15.0. The minimum Gasteiger partial charge on any atom is -0.480 e. The number of nitrogens with zero attached hydrogens (tertiary/aromatic N) is 16. The van der Waals surface area contributed by atoms with Crippen molar-refractivity contribution in [2.45, 2.75) is 102 Å². The van der Waals surface area contributed by atoms with Crippen molar-refractivity contribution < 1.29 is 70.6 Å². The number of carboxylic acids is 1. The molecule has 39 heteroatoms. The number of carbonyl (C=O) groups excluding carboxylic acids is 3. The molecule has 3 saturated heterocycles. The molecule has 3 amide bonds. The van der Waals surface area contributed by atoms with Gasteiger partial charge in [0.05, 0.1) is 91.6 Å². The second-order valence-electron chi connectivity index (χ2n) is 28.3. The van der Waals surface area contributed by atoms with Crippen molar-refractivity contribution in [2.24, 2.45) is 5.73 Å². The molecule has 36 nitrogen and oxygen atoms in total. The van der Waals surface area contributed by atoms with Gasteiger partial charge in [0.1, 0.15) is 92.8 Å². The van der Waals surface area contributed by atoms with Gasteiger partial charge in [0, 0.05) is 121 Å². The van der Waals surface area contributed by atoms with E-state index in [4.69, 9.17) is 38.9 Å². The number of rotatable bonds is 29. The van der Waals surface area contributed by atoms with Gasteiger partial charge in [-0.2, -0.15) is 28.8 Å². The number of fused-ring (bicyclic) bond motifs is 3. The molecule has 0 bridgehead atoms. The Balaban J connectivity index is 0.000000152. The van der Waals surface area contributed by atoms with Crippen molar-refractivity contribution in [1.29, 1.82) is 0 Å². The maximum atomic E-state index is 13.4. The van der Waals surface area contributed by atoms with Crippen LogP contribution < -0.4 is 62.1 Å². The third-order valence-corrected chi connectivity index (χ3v) is 18.6. The van der Waals surface area contributed by atoms with Crippen molar-refractivity contribution in [3.8, 4) is 17.6 Å². The lowest BCUT2D eigenvalue weighted by molar-refractivity contribution is 0.0371. The van der Waals surface area contributed by atoms with Gasteiger partial charge in [0.2, 0.25) is 17.6 Å². The zero-order valence-electron chi connectivity index (χ0n) is 63.9. The van der Waals surface area contributed by atoms with Gasteiger partial charge in [-0.05, 0) is 95.9 Å². The summed E-state index contributed by atoms with van der Waals surface area (Å²) in [5.41, 5.74) is 7.28. The van der Waals surface area contributed by atoms with Crippen molar-refractivity contribution in [3.63, 3.8) is 0 Å². The van der Waals surface area contributed by atoms with E-state index < -0.39 is 60.1 Å². The summed E-state index contributed by atoms with van der Waals surface area (Å²) in [6.07, 6.45) is 9.51. The quantitative estimate of drug-likeness (QED) is 0.0218. The number of halogens is 3. The Labute approximate surface area is 649 Å². The molecule has 0 spiro atoms. The van der Waals surface area contributed by atoms with E-state index in [9.17, 15) is 37.5 Å². The predicted octanol–water partition coefficient (Wildman–Crippen LogP) is 6.80. The molecule has 10 N–H and O–H groups in total. The van der Waals surface area contributed by atoms with Crippen LogP contribution in [-0.2, 0) is 18.9 Å². The van der Waals surface area contributed by atoms with Crippen LogP contribution >= 0.6 is 0 Å². The number of aromatic nitrogens is 12. The average Bonchev–Trinajstić information content (AvgIpc) is 1.71. The van der Waals surface area contributed by atoms with Crippen molar-refractivity contribution in [3.05, 3.63) is 108 Å². The highest BCUT2D eigenvalue weighted by atomic mass is 19.1. The average molecular weight is 1570 g/mol. The number of carbonyl (C=O) groups is 4. The zero-order valence-corrected chi connectivity index (χ0v) is 63.9.